The molecule has 0 amide bonds. The van der Waals surface area contributed by atoms with Crippen LogP contribution in [0.4, 0.5) is 0 Å². The largest absolute Gasteiger partial charge is 0.481 e. The lowest BCUT2D eigenvalue weighted by molar-refractivity contribution is -0.139. The summed E-state index contributed by atoms with van der Waals surface area (Å²) in [6, 6.07) is -0.675. The predicted molar refractivity (Wildman–Crippen MR) is 57.8 cm³/mol. The lowest BCUT2D eigenvalue weighted by Gasteiger charge is -2.14. The number of carboxylic acid groups (broad SMARTS) is 2. The Morgan fingerprint density at radius 3 is 2.53 bits per heavy atom. The van der Waals surface area contributed by atoms with E-state index < -0.39 is 18.0 Å². The second kappa shape index (κ2) is 8.51. The van der Waals surface area contributed by atoms with E-state index in [0.29, 0.717) is 6.42 Å². The van der Waals surface area contributed by atoms with Crippen LogP contribution in [0.2, 0.25) is 0 Å². The van der Waals surface area contributed by atoms with Crippen LogP contribution in [0.5, 0.6) is 0 Å². The maximum atomic E-state index is 10.7. The van der Waals surface area contributed by atoms with Gasteiger partial charge in [0.05, 0.1) is 6.42 Å². The lowest BCUT2D eigenvalue weighted by atomic mass is 10.2. The summed E-state index contributed by atoms with van der Waals surface area (Å²) in [6.45, 7) is 0.207. The number of carbonyl (C=O) groups is 2. The summed E-state index contributed by atoms with van der Waals surface area (Å²) in [5.74, 6) is -1.11. The van der Waals surface area contributed by atoms with Crippen LogP contribution in [0.1, 0.15) is 12.8 Å². The highest BCUT2D eigenvalue weighted by molar-refractivity contribution is 7.98. The number of thioether (sulfide) groups is 1. The van der Waals surface area contributed by atoms with Crippen molar-refractivity contribution >= 4 is 23.7 Å². The van der Waals surface area contributed by atoms with Gasteiger partial charge < -0.3 is 10.2 Å². The number of aliphatic carboxylic acids is 2. The fourth-order valence-corrected chi connectivity index (χ4v) is 1.33. The molecule has 0 bridgehead atoms. The van der Waals surface area contributed by atoms with Gasteiger partial charge in [-0.15, -0.1) is 0 Å². The van der Waals surface area contributed by atoms with Crippen LogP contribution in [0.15, 0.2) is 0 Å². The van der Waals surface area contributed by atoms with Crippen molar-refractivity contribution in [1.29, 1.82) is 0 Å². The summed E-state index contributed by atoms with van der Waals surface area (Å²) in [6.07, 6.45) is 2.36. The van der Waals surface area contributed by atoms with Crippen LogP contribution in [0.3, 0.4) is 0 Å². The third-order valence-electron chi connectivity index (χ3n) is 1.65. The Labute approximate surface area is 92.4 Å². The molecule has 0 aliphatic heterocycles. The van der Waals surface area contributed by atoms with Gasteiger partial charge in [0.15, 0.2) is 0 Å². The van der Waals surface area contributed by atoms with Crippen LogP contribution in [0.25, 0.3) is 0 Å². The molecule has 0 aromatic heterocycles. The molecule has 0 saturated carbocycles. The molecular formula is C8H16N2O4S. The number of hydrazine groups is 1. The summed E-state index contributed by atoms with van der Waals surface area (Å²) in [5, 5.41) is 17.1. The number of nitrogens with one attached hydrogen (secondary N) is 2. The van der Waals surface area contributed by atoms with E-state index in [1.165, 1.54) is 0 Å². The van der Waals surface area contributed by atoms with E-state index >= 15 is 0 Å². The van der Waals surface area contributed by atoms with E-state index in [9.17, 15) is 9.59 Å². The van der Waals surface area contributed by atoms with Gasteiger partial charge in [-0.05, 0) is 18.4 Å². The first kappa shape index (κ1) is 14.2. The zero-order valence-electron chi connectivity index (χ0n) is 8.52. The molecule has 0 aromatic rings. The van der Waals surface area contributed by atoms with Gasteiger partial charge in [-0.1, -0.05) is 0 Å². The Hall–Kier alpha value is -0.790. The van der Waals surface area contributed by atoms with Gasteiger partial charge in [-0.2, -0.15) is 11.8 Å². The summed E-state index contributed by atoms with van der Waals surface area (Å²) in [4.78, 5) is 20.9. The van der Waals surface area contributed by atoms with E-state index in [1.54, 1.807) is 11.8 Å². The van der Waals surface area contributed by atoms with Gasteiger partial charge in [0, 0.05) is 6.54 Å². The molecule has 6 nitrogen and oxygen atoms in total. The molecule has 1 atom stereocenters. The van der Waals surface area contributed by atoms with E-state index in [4.69, 9.17) is 10.2 Å². The van der Waals surface area contributed by atoms with E-state index in [0.717, 1.165) is 5.75 Å². The molecule has 88 valence electrons. The van der Waals surface area contributed by atoms with Crippen molar-refractivity contribution in [1.82, 2.24) is 10.9 Å². The van der Waals surface area contributed by atoms with Gasteiger partial charge >= 0.3 is 11.9 Å². The average Bonchev–Trinajstić information content (AvgIpc) is 2.15. The molecule has 0 aromatic carbocycles. The summed E-state index contributed by atoms with van der Waals surface area (Å²) in [5.41, 5.74) is 5.17. The molecule has 0 unspecified atom stereocenters. The van der Waals surface area contributed by atoms with Crippen LogP contribution in [0, 0.1) is 0 Å². The Balaban J connectivity index is 3.66. The predicted octanol–water partition coefficient (Wildman–Crippen LogP) is -0.238. The molecule has 0 saturated heterocycles. The molecule has 0 radical (unpaired) electrons. The second-order valence-electron chi connectivity index (χ2n) is 2.89. The SMILES string of the molecule is CSCC[C@H](NNCCC(=O)O)C(=O)O. The number of hydrogen-bond acceptors (Lipinski definition) is 5. The average molecular weight is 236 g/mol. The third-order valence-corrected chi connectivity index (χ3v) is 2.29. The molecule has 4 N–H and O–H groups in total. The normalized spacial score (nSPS) is 12.3. The molecule has 0 fully saturated rings. The summed E-state index contributed by atoms with van der Waals surface area (Å²) in [7, 11) is 0. The van der Waals surface area contributed by atoms with Crippen molar-refractivity contribution in [3.63, 3.8) is 0 Å². The smallest absolute Gasteiger partial charge is 0.322 e. The maximum Gasteiger partial charge on any atom is 0.322 e. The Morgan fingerprint density at radius 2 is 2.07 bits per heavy atom. The molecule has 0 rings (SSSR count). The number of hydrogen-bond donors (Lipinski definition) is 4. The molecular weight excluding hydrogens is 220 g/mol. The highest BCUT2D eigenvalue weighted by Crippen LogP contribution is 1.99. The lowest BCUT2D eigenvalue weighted by Crippen LogP contribution is -2.46. The van der Waals surface area contributed by atoms with E-state index in [-0.39, 0.29) is 13.0 Å². The van der Waals surface area contributed by atoms with Crippen LogP contribution < -0.4 is 10.9 Å². The van der Waals surface area contributed by atoms with Crippen molar-refractivity contribution < 1.29 is 19.8 Å². The van der Waals surface area contributed by atoms with Crippen LogP contribution >= 0.6 is 11.8 Å². The third kappa shape index (κ3) is 8.22. The van der Waals surface area contributed by atoms with Crippen LogP contribution in [-0.4, -0.2) is 46.7 Å². The van der Waals surface area contributed by atoms with Gasteiger partial charge in [-0.25, -0.2) is 5.43 Å². The first-order valence-corrected chi connectivity index (χ1v) is 5.89. The molecule has 0 spiro atoms. The molecule has 0 aliphatic rings. The van der Waals surface area contributed by atoms with Crippen molar-refractivity contribution in [3.05, 3.63) is 0 Å². The summed E-state index contributed by atoms with van der Waals surface area (Å²) < 4.78 is 0. The highest BCUT2D eigenvalue weighted by atomic mass is 32.2. The minimum Gasteiger partial charge on any atom is -0.481 e. The Morgan fingerprint density at radius 1 is 1.40 bits per heavy atom. The minimum atomic E-state index is -0.938. The van der Waals surface area contributed by atoms with E-state index in [1.807, 2.05) is 6.26 Å². The standard InChI is InChI=1S/C8H16N2O4S/c1-15-5-3-6(8(13)14)10-9-4-2-7(11)12/h6,9-10H,2-5H2,1H3,(H,11,12)(H,13,14)/t6-/m0/s1. The quantitative estimate of drug-likeness (QED) is 0.324. The Bertz CT molecular complexity index is 213. The zero-order chi connectivity index (χ0) is 11.7. The fraction of sp³-hybridized carbons (Fsp3) is 0.750. The van der Waals surface area contributed by atoms with Crippen molar-refractivity contribution in [2.24, 2.45) is 0 Å². The molecule has 0 heterocycles. The first-order valence-electron chi connectivity index (χ1n) is 4.50. The molecule has 7 heteroatoms. The maximum absolute atomic E-state index is 10.7. The fourth-order valence-electron chi connectivity index (χ4n) is 0.858. The highest BCUT2D eigenvalue weighted by Gasteiger charge is 2.15. The monoisotopic (exact) mass is 236 g/mol. The van der Waals surface area contributed by atoms with Gasteiger partial charge in [0.1, 0.15) is 6.04 Å². The van der Waals surface area contributed by atoms with Gasteiger partial charge in [0.25, 0.3) is 0 Å². The van der Waals surface area contributed by atoms with E-state index in [2.05, 4.69) is 10.9 Å². The Kier molecular flexibility index (Phi) is 8.06. The second-order valence-corrected chi connectivity index (χ2v) is 3.87. The molecule has 0 aliphatic carbocycles. The van der Waals surface area contributed by atoms with Crippen molar-refractivity contribution in [2.45, 2.75) is 18.9 Å². The summed E-state index contributed by atoms with van der Waals surface area (Å²) >= 11 is 1.57. The van der Waals surface area contributed by atoms with Crippen molar-refractivity contribution in [3.8, 4) is 0 Å². The van der Waals surface area contributed by atoms with Gasteiger partial charge in [-0.3, -0.25) is 15.0 Å². The van der Waals surface area contributed by atoms with Gasteiger partial charge in [0.2, 0.25) is 0 Å². The number of rotatable bonds is 9. The van der Waals surface area contributed by atoms with Crippen LogP contribution in [-0.2, 0) is 9.59 Å². The number of carboxylic acids is 2. The topological polar surface area (TPSA) is 98.7 Å². The van der Waals surface area contributed by atoms with Crippen molar-refractivity contribution in [2.75, 3.05) is 18.6 Å². The first-order chi connectivity index (χ1) is 7.07. The zero-order valence-corrected chi connectivity index (χ0v) is 9.34. The molecule has 15 heavy (non-hydrogen) atoms. The minimum absolute atomic E-state index is 0.0398.